The zero-order chi connectivity index (χ0) is 16.7. The van der Waals surface area contributed by atoms with E-state index in [2.05, 4.69) is 34.6 Å². The Morgan fingerprint density at radius 3 is 2.83 bits per heavy atom. The van der Waals surface area contributed by atoms with E-state index in [1.807, 2.05) is 12.1 Å². The van der Waals surface area contributed by atoms with Crippen molar-refractivity contribution in [2.75, 3.05) is 26.2 Å². The maximum atomic E-state index is 12.1. The van der Waals surface area contributed by atoms with Crippen molar-refractivity contribution in [3.63, 3.8) is 0 Å². The molecule has 0 bridgehead atoms. The monoisotopic (exact) mass is 317 g/mol. The highest BCUT2D eigenvalue weighted by Gasteiger charge is 2.21. The standard InChI is InChI=1S/C18H27N3O2/c1-14-6-3-4-7-16(14)9-10-19-18(23)13-21-11-5-8-17(12-21)20-15(2)22/h3-4,6-7,17H,5,8-13H2,1-2H3,(H,19,23)(H,20,22). The molecule has 1 aliphatic heterocycles. The van der Waals surface area contributed by atoms with Gasteiger partial charge in [0.15, 0.2) is 0 Å². The predicted octanol–water partition coefficient (Wildman–Crippen LogP) is 1.25. The van der Waals surface area contributed by atoms with Crippen molar-refractivity contribution in [1.82, 2.24) is 15.5 Å². The third-order valence-electron chi connectivity index (χ3n) is 4.26. The number of likely N-dealkylation sites (tertiary alicyclic amines) is 1. The lowest BCUT2D eigenvalue weighted by Gasteiger charge is -2.32. The largest absolute Gasteiger partial charge is 0.355 e. The molecule has 5 nitrogen and oxygen atoms in total. The van der Waals surface area contributed by atoms with Crippen LogP contribution < -0.4 is 10.6 Å². The fourth-order valence-corrected chi connectivity index (χ4v) is 3.09. The zero-order valence-corrected chi connectivity index (χ0v) is 14.1. The molecule has 1 aliphatic rings. The molecule has 1 atom stereocenters. The first-order valence-electron chi connectivity index (χ1n) is 8.35. The van der Waals surface area contributed by atoms with Gasteiger partial charge in [-0.05, 0) is 43.9 Å². The summed E-state index contributed by atoms with van der Waals surface area (Å²) in [7, 11) is 0. The molecule has 1 saturated heterocycles. The maximum Gasteiger partial charge on any atom is 0.234 e. The third-order valence-corrected chi connectivity index (χ3v) is 4.26. The average Bonchev–Trinajstić information content (AvgIpc) is 2.49. The lowest BCUT2D eigenvalue weighted by molar-refractivity contribution is -0.122. The summed E-state index contributed by atoms with van der Waals surface area (Å²) >= 11 is 0. The molecule has 23 heavy (non-hydrogen) atoms. The first-order valence-corrected chi connectivity index (χ1v) is 8.35. The molecule has 1 unspecified atom stereocenters. The van der Waals surface area contributed by atoms with E-state index in [-0.39, 0.29) is 17.9 Å². The van der Waals surface area contributed by atoms with Crippen LogP contribution in [0.4, 0.5) is 0 Å². The Morgan fingerprint density at radius 1 is 1.30 bits per heavy atom. The minimum Gasteiger partial charge on any atom is -0.355 e. The Balaban J connectivity index is 1.70. The number of carbonyl (C=O) groups excluding carboxylic acids is 2. The van der Waals surface area contributed by atoms with Crippen LogP contribution in [0.3, 0.4) is 0 Å². The summed E-state index contributed by atoms with van der Waals surface area (Å²) in [5, 5.41) is 5.94. The third kappa shape index (κ3) is 6.02. The van der Waals surface area contributed by atoms with Gasteiger partial charge < -0.3 is 10.6 Å². The molecule has 1 aromatic carbocycles. The van der Waals surface area contributed by atoms with Crippen molar-refractivity contribution in [1.29, 1.82) is 0 Å². The molecule has 2 N–H and O–H groups in total. The number of rotatable bonds is 6. The van der Waals surface area contributed by atoms with Crippen molar-refractivity contribution < 1.29 is 9.59 Å². The molecule has 0 spiro atoms. The van der Waals surface area contributed by atoms with Crippen LogP contribution in [-0.4, -0.2) is 48.9 Å². The molecule has 126 valence electrons. The normalized spacial score (nSPS) is 18.4. The minimum atomic E-state index is -0.000433. The molecular weight excluding hydrogens is 290 g/mol. The zero-order valence-electron chi connectivity index (χ0n) is 14.1. The molecule has 1 fully saturated rings. The maximum absolute atomic E-state index is 12.1. The van der Waals surface area contributed by atoms with Crippen LogP contribution in [0.5, 0.6) is 0 Å². The second kappa shape index (κ2) is 8.67. The highest BCUT2D eigenvalue weighted by atomic mass is 16.2. The number of hydrogen-bond donors (Lipinski definition) is 2. The van der Waals surface area contributed by atoms with E-state index in [0.29, 0.717) is 13.1 Å². The summed E-state index contributed by atoms with van der Waals surface area (Å²) in [6, 6.07) is 8.41. The number of piperidine rings is 1. The molecular formula is C18H27N3O2. The van der Waals surface area contributed by atoms with Crippen LogP contribution in [0.2, 0.25) is 0 Å². The van der Waals surface area contributed by atoms with Gasteiger partial charge in [-0.3, -0.25) is 14.5 Å². The van der Waals surface area contributed by atoms with Crippen molar-refractivity contribution in [2.45, 2.75) is 39.2 Å². The van der Waals surface area contributed by atoms with Crippen LogP contribution in [0, 0.1) is 6.92 Å². The Morgan fingerprint density at radius 2 is 2.09 bits per heavy atom. The minimum absolute atomic E-state index is 0.000433. The summed E-state index contributed by atoms with van der Waals surface area (Å²) in [5.41, 5.74) is 2.53. The molecule has 0 radical (unpaired) electrons. The van der Waals surface area contributed by atoms with E-state index in [4.69, 9.17) is 0 Å². The van der Waals surface area contributed by atoms with Gasteiger partial charge in [-0.25, -0.2) is 0 Å². The second-order valence-electron chi connectivity index (χ2n) is 6.30. The average molecular weight is 317 g/mol. The fourth-order valence-electron chi connectivity index (χ4n) is 3.09. The van der Waals surface area contributed by atoms with Gasteiger partial charge in [-0.2, -0.15) is 0 Å². The first-order chi connectivity index (χ1) is 11.0. The van der Waals surface area contributed by atoms with Gasteiger partial charge in [0.2, 0.25) is 11.8 Å². The summed E-state index contributed by atoms with van der Waals surface area (Å²) < 4.78 is 0. The highest BCUT2D eigenvalue weighted by Crippen LogP contribution is 2.10. The van der Waals surface area contributed by atoms with Crippen molar-refractivity contribution >= 4 is 11.8 Å². The summed E-state index contributed by atoms with van der Waals surface area (Å²) in [6.45, 7) is 6.37. The predicted molar refractivity (Wildman–Crippen MR) is 91.2 cm³/mol. The smallest absolute Gasteiger partial charge is 0.234 e. The number of carbonyl (C=O) groups is 2. The Hall–Kier alpha value is -1.88. The van der Waals surface area contributed by atoms with E-state index < -0.39 is 0 Å². The Bertz CT molecular complexity index is 545. The second-order valence-corrected chi connectivity index (χ2v) is 6.30. The molecule has 0 aromatic heterocycles. The van der Waals surface area contributed by atoms with Crippen molar-refractivity contribution in [3.8, 4) is 0 Å². The first kappa shape index (κ1) is 17.5. The van der Waals surface area contributed by atoms with Crippen LogP contribution in [0.15, 0.2) is 24.3 Å². The van der Waals surface area contributed by atoms with Crippen LogP contribution in [0.25, 0.3) is 0 Å². The molecule has 1 heterocycles. The Kier molecular flexibility index (Phi) is 6.59. The van der Waals surface area contributed by atoms with E-state index >= 15 is 0 Å². The van der Waals surface area contributed by atoms with Gasteiger partial charge in [0.25, 0.3) is 0 Å². The highest BCUT2D eigenvalue weighted by molar-refractivity contribution is 5.78. The number of nitrogens with zero attached hydrogens (tertiary/aromatic N) is 1. The van der Waals surface area contributed by atoms with Gasteiger partial charge in [-0.1, -0.05) is 24.3 Å². The van der Waals surface area contributed by atoms with E-state index in [1.165, 1.54) is 18.1 Å². The van der Waals surface area contributed by atoms with Gasteiger partial charge in [0.1, 0.15) is 0 Å². The molecule has 1 aromatic rings. The van der Waals surface area contributed by atoms with Crippen LogP contribution in [0.1, 0.15) is 30.9 Å². The topological polar surface area (TPSA) is 61.4 Å². The van der Waals surface area contributed by atoms with Crippen LogP contribution >= 0.6 is 0 Å². The number of aryl methyl sites for hydroxylation is 1. The fraction of sp³-hybridized carbons (Fsp3) is 0.556. The van der Waals surface area contributed by atoms with E-state index in [0.717, 1.165) is 32.4 Å². The van der Waals surface area contributed by atoms with Gasteiger partial charge >= 0.3 is 0 Å². The van der Waals surface area contributed by atoms with Gasteiger partial charge in [0, 0.05) is 26.1 Å². The molecule has 2 amide bonds. The lowest BCUT2D eigenvalue weighted by Crippen LogP contribution is -2.49. The molecule has 5 heteroatoms. The Labute approximate surface area is 138 Å². The number of amides is 2. The summed E-state index contributed by atoms with van der Waals surface area (Å²) in [5.74, 6) is 0.0570. The van der Waals surface area contributed by atoms with Gasteiger partial charge in [0.05, 0.1) is 6.54 Å². The van der Waals surface area contributed by atoms with Crippen LogP contribution in [-0.2, 0) is 16.0 Å². The summed E-state index contributed by atoms with van der Waals surface area (Å²) in [6.07, 6.45) is 2.86. The lowest BCUT2D eigenvalue weighted by atomic mass is 10.1. The number of benzene rings is 1. The molecule has 2 rings (SSSR count). The molecule has 0 saturated carbocycles. The van der Waals surface area contributed by atoms with Gasteiger partial charge in [-0.15, -0.1) is 0 Å². The summed E-state index contributed by atoms with van der Waals surface area (Å²) in [4.78, 5) is 25.3. The van der Waals surface area contributed by atoms with E-state index in [9.17, 15) is 9.59 Å². The SMILES string of the molecule is CC(=O)NC1CCCN(CC(=O)NCCc2ccccc2C)C1. The number of nitrogens with one attached hydrogen (secondary N) is 2. The van der Waals surface area contributed by atoms with Crippen molar-refractivity contribution in [3.05, 3.63) is 35.4 Å². The number of hydrogen-bond acceptors (Lipinski definition) is 3. The van der Waals surface area contributed by atoms with Crippen molar-refractivity contribution in [2.24, 2.45) is 0 Å². The van der Waals surface area contributed by atoms with E-state index in [1.54, 1.807) is 0 Å². The quantitative estimate of drug-likeness (QED) is 0.830. The molecule has 0 aliphatic carbocycles.